The average Bonchev–Trinajstić information content (AvgIpc) is 0.841. The first-order valence-corrected chi connectivity index (χ1v) is 38.4. The Balaban J connectivity index is 0.000000137. The number of benzene rings is 12. The van der Waals surface area contributed by atoms with Crippen LogP contribution in [0, 0.1) is 34.6 Å². The molecule has 0 aliphatic rings. The first kappa shape index (κ1) is 81.1. The van der Waals surface area contributed by atoms with Crippen LogP contribution in [0.3, 0.4) is 0 Å². The fourth-order valence-electron chi connectivity index (χ4n) is 11.3. The van der Waals surface area contributed by atoms with E-state index in [-0.39, 0.29) is 12.6 Å². The summed E-state index contributed by atoms with van der Waals surface area (Å²) in [6, 6.07) is 103. The van der Waals surface area contributed by atoms with Crippen molar-refractivity contribution in [3.63, 3.8) is 0 Å². The summed E-state index contributed by atoms with van der Waals surface area (Å²) in [7, 11) is 0. The molecule has 0 amide bonds. The molecule has 119 heavy (non-hydrogen) atoms. The smallest absolute Gasteiger partial charge is 0.340 e. The molecule has 0 spiro atoms. The fraction of sp³-hybridized carbons (Fsp3) is 0.0761. The minimum absolute atomic E-state index is 0.272. The van der Waals surface area contributed by atoms with Gasteiger partial charge in [0.1, 0.15) is 0 Å². The topological polar surface area (TPSA) is 325 Å². The Kier molecular flexibility index (Phi) is 28.1. The normalized spacial score (nSPS) is 10.4. The van der Waals surface area contributed by atoms with Crippen molar-refractivity contribution in [3.8, 4) is 0 Å². The van der Waals surface area contributed by atoms with Crippen molar-refractivity contribution in [3.05, 3.63) is 360 Å². The molecular formula is C92H85ClN24O2. The van der Waals surface area contributed by atoms with Crippen LogP contribution in [0.1, 0.15) is 45.1 Å². The highest BCUT2D eigenvalue weighted by Crippen LogP contribution is 2.30. The third kappa shape index (κ3) is 25.5. The van der Waals surface area contributed by atoms with Crippen LogP contribution in [0.25, 0.3) is 0 Å². The molecule has 0 saturated heterocycles. The van der Waals surface area contributed by atoms with Crippen LogP contribution in [0.2, 0.25) is 5.02 Å². The molecule has 0 atom stereocenters. The maximum Gasteiger partial charge on any atom is 0.340 e. The molecule has 16 rings (SSSR count). The second-order valence-corrected chi connectivity index (χ2v) is 27.0. The number of anilines is 24. The van der Waals surface area contributed by atoms with Gasteiger partial charge in [0.25, 0.3) is 0 Å². The molecule has 4 heterocycles. The summed E-state index contributed by atoms with van der Waals surface area (Å²) < 4.78 is 5.15. The third-order valence-corrected chi connectivity index (χ3v) is 17.4. The van der Waals surface area contributed by atoms with Crippen LogP contribution >= 0.6 is 11.6 Å². The van der Waals surface area contributed by atoms with Crippen molar-refractivity contribution in [2.24, 2.45) is 0 Å². The van der Waals surface area contributed by atoms with Crippen molar-refractivity contribution in [2.45, 2.75) is 41.5 Å². The maximum atomic E-state index is 12.3. The number of nitrogens with one attached hydrogen (secondary N) is 12. The second-order valence-electron chi connectivity index (χ2n) is 26.6. The van der Waals surface area contributed by atoms with Gasteiger partial charge in [-0.2, -0.15) is 59.8 Å². The highest BCUT2D eigenvalue weighted by atomic mass is 35.5. The lowest BCUT2D eigenvalue weighted by Crippen LogP contribution is -2.10. The highest BCUT2D eigenvalue weighted by Gasteiger charge is 2.18. The number of esters is 1. The first-order chi connectivity index (χ1) is 58.2. The molecular weight excluding hydrogens is 1510 g/mol. The lowest BCUT2D eigenvalue weighted by molar-refractivity contribution is 0.0527. The van der Waals surface area contributed by atoms with E-state index in [1.807, 2.05) is 318 Å². The van der Waals surface area contributed by atoms with E-state index in [2.05, 4.69) is 137 Å². The Morgan fingerprint density at radius 1 is 0.244 bits per heavy atom. The van der Waals surface area contributed by atoms with Gasteiger partial charge in [-0.15, -0.1) is 0 Å². The molecule has 0 aliphatic heterocycles. The van der Waals surface area contributed by atoms with Gasteiger partial charge in [-0.1, -0.05) is 205 Å². The van der Waals surface area contributed by atoms with E-state index >= 15 is 0 Å². The van der Waals surface area contributed by atoms with Crippen molar-refractivity contribution >= 4 is 157 Å². The number of carbonyl (C=O) groups excluding carboxylic acids is 1. The summed E-state index contributed by atoms with van der Waals surface area (Å²) in [5.41, 5.74) is 16.4. The van der Waals surface area contributed by atoms with Gasteiger partial charge in [0.15, 0.2) is 0 Å². The monoisotopic (exact) mass is 1590 g/mol. The van der Waals surface area contributed by atoms with Crippen LogP contribution in [0.15, 0.2) is 322 Å². The number of rotatable bonds is 26. The zero-order chi connectivity index (χ0) is 82.3. The minimum atomic E-state index is -0.421. The quantitative estimate of drug-likeness (QED) is 0.0224. The van der Waals surface area contributed by atoms with Crippen LogP contribution in [0.5, 0.6) is 0 Å². The van der Waals surface area contributed by atoms with Gasteiger partial charge in [0.05, 0.1) is 28.6 Å². The number of ether oxygens (including phenoxy) is 1. The number of hydrogen-bond donors (Lipinski definition) is 12. The summed E-state index contributed by atoms with van der Waals surface area (Å²) in [4.78, 5) is 66.4. The van der Waals surface area contributed by atoms with Gasteiger partial charge in [0.2, 0.25) is 71.4 Å². The summed E-state index contributed by atoms with van der Waals surface area (Å²) in [6.07, 6.45) is 0. The summed E-state index contributed by atoms with van der Waals surface area (Å²) in [5.74, 6) is 4.49. The van der Waals surface area contributed by atoms with E-state index in [0.717, 1.165) is 73.6 Å². The number of aryl methyl sites for hydroxylation is 5. The molecule has 592 valence electrons. The number of para-hydroxylation sites is 8. The first-order valence-electron chi connectivity index (χ1n) is 38.0. The molecule has 12 aromatic carbocycles. The molecule has 0 unspecified atom stereocenters. The van der Waals surface area contributed by atoms with E-state index in [1.165, 1.54) is 11.1 Å². The summed E-state index contributed by atoms with van der Waals surface area (Å²) in [5, 5.41) is 39.2. The van der Waals surface area contributed by atoms with E-state index in [0.29, 0.717) is 87.4 Å². The minimum Gasteiger partial charge on any atom is -0.462 e. The standard InChI is InChI=1S/C24H22N6O2.C24H24N6.C23H22N6.C21H17ClN6/c1-2-32-21(31)19-15-9-10-16-20(19)27-24-29-22(25-17-11-5-3-6-12-17)28-23(30-24)26-18-13-7-4-8-14-18;1-16-11-13-19(14-12-16)25-22-28-23(26-20-9-6-7-17(2)15-20)30-24(29-22)27-21-10-5-4-8-18(21)3;1-16-11-13-19(14-12-16)25-22-27-21(24-18-8-4-3-5-9-18)28-23(29-22)26-20-10-6-7-17(2)15-20;22-17-13-7-8-14-18(17)25-21-27-19(23-15-9-3-1-4-10-15)26-20(28-21)24-16-11-5-2-6-12-16/h3-16H,2H2,1H3,(H3,25,26,27,28,29,30);4-15H,1-3H3,(H3,25,26,27,28,29,30);3-15H,1-2H3,(H3,24,25,26,27,28,29);1-14H,(H3,23,24,25,26,27,28). The highest BCUT2D eigenvalue weighted by molar-refractivity contribution is 6.33. The summed E-state index contributed by atoms with van der Waals surface area (Å²) >= 11 is 6.25. The zero-order valence-corrected chi connectivity index (χ0v) is 66.6. The van der Waals surface area contributed by atoms with Gasteiger partial charge in [0, 0.05) is 56.9 Å². The molecule has 0 saturated carbocycles. The maximum absolute atomic E-state index is 12.3. The Morgan fingerprint density at radius 2 is 0.487 bits per heavy atom. The number of carbonyl (C=O) groups is 1. The molecule has 0 fully saturated rings. The van der Waals surface area contributed by atoms with E-state index < -0.39 is 5.97 Å². The van der Waals surface area contributed by atoms with Crippen molar-refractivity contribution in [1.29, 1.82) is 0 Å². The molecule has 27 heteroatoms. The van der Waals surface area contributed by atoms with E-state index in [4.69, 9.17) is 16.3 Å². The largest absolute Gasteiger partial charge is 0.462 e. The molecule has 16 aromatic rings. The predicted octanol–water partition coefficient (Wildman–Crippen LogP) is 22.8. The predicted molar refractivity (Wildman–Crippen MR) is 481 cm³/mol. The number of halogens is 1. The van der Waals surface area contributed by atoms with Crippen molar-refractivity contribution in [2.75, 3.05) is 70.4 Å². The van der Waals surface area contributed by atoms with Gasteiger partial charge in [-0.05, 0) is 198 Å². The van der Waals surface area contributed by atoms with Gasteiger partial charge in [-0.25, -0.2) is 4.79 Å². The number of aromatic nitrogens is 12. The van der Waals surface area contributed by atoms with Crippen molar-refractivity contribution < 1.29 is 9.53 Å². The van der Waals surface area contributed by atoms with Crippen molar-refractivity contribution in [1.82, 2.24) is 59.8 Å². The van der Waals surface area contributed by atoms with Crippen LogP contribution < -0.4 is 63.8 Å². The lowest BCUT2D eigenvalue weighted by Gasteiger charge is -2.13. The Morgan fingerprint density at radius 3 is 0.798 bits per heavy atom. The molecule has 0 aliphatic carbocycles. The average molecular weight is 1590 g/mol. The third-order valence-electron chi connectivity index (χ3n) is 17.0. The molecule has 4 aromatic heterocycles. The zero-order valence-electron chi connectivity index (χ0n) is 65.9. The molecule has 0 bridgehead atoms. The van der Waals surface area contributed by atoms with Crippen LogP contribution in [-0.2, 0) is 4.74 Å². The summed E-state index contributed by atoms with van der Waals surface area (Å²) in [6.45, 7) is 12.3. The Hall–Kier alpha value is -16.0. The Labute approximate surface area is 694 Å². The molecule has 12 N–H and O–H groups in total. The van der Waals surface area contributed by atoms with E-state index in [1.54, 1.807) is 31.2 Å². The fourth-order valence-corrected chi connectivity index (χ4v) is 11.5. The van der Waals surface area contributed by atoms with E-state index in [9.17, 15) is 4.79 Å². The number of hydrogen-bond acceptors (Lipinski definition) is 26. The second kappa shape index (κ2) is 41.2. The molecule has 26 nitrogen and oxygen atoms in total. The van der Waals surface area contributed by atoms with Gasteiger partial charge >= 0.3 is 5.97 Å². The SMILES string of the molecule is CCOC(=O)c1ccccc1Nc1nc(Nc2ccccc2)nc(Nc2ccccc2)n1.Cc1ccc(Nc2nc(Nc3cccc(C)c3)nc(Nc3ccccc3C)n2)cc1.Cc1ccc(Nc2nc(Nc3ccccc3)nc(Nc3cccc(C)c3)n2)cc1.Clc1ccccc1Nc1nc(Nc2ccccc2)nc(Nc2ccccc2)n1. The molecule has 0 radical (unpaired) electrons. The van der Waals surface area contributed by atoms with Gasteiger partial charge < -0.3 is 68.5 Å². The lowest BCUT2D eigenvalue weighted by atomic mass is 10.2. The van der Waals surface area contributed by atoms with Crippen LogP contribution in [-0.4, -0.2) is 72.4 Å². The Bertz CT molecular complexity index is 5840. The van der Waals surface area contributed by atoms with Crippen LogP contribution in [0.4, 0.5) is 140 Å². The van der Waals surface area contributed by atoms with Gasteiger partial charge in [-0.3, -0.25) is 0 Å². The number of nitrogens with zero attached hydrogens (tertiary/aromatic N) is 12.